The van der Waals surface area contributed by atoms with Crippen LogP contribution in [0.3, 0.4) is 0 Å². The molecule has 0 aliphatic carbocycles. The SMILES string of the molecule is NC(C(=O)O)C(=O)NCc1ccc2c(c1)CC(=O)N2. The van der Waals surface area contributed by atoms with Gasteiger partial charge >= 0.3 is 5.97 Å². The Bertz CT molecular complexity index is 556. The number of nitrogens with one attached hydrogen (secondary N) is 2. The number of benzene rings is 1. The minimum absolute atomic E-state index is 0.0657. The minimum atomic E-state index is -1.57. The molecule has 2 rings (SSSR count). The van der Waals surface area contributed by atoms with Crippen LogP contribution in [0.5, 0.6) is 0 Å². The first kappa shape index (κ1) is 13.0. The van der Waals surface area contributed by atoms with Crippen molar-refractivity contribution in [1.29, 1.82) is 0 Å². The first-order valence-electron chi connectivity index (χ1n) is 5.65. The number of nitrogens with two attached hydrogens (primary N) is 1. The topological polar surface area (TPSA) is 122 Å². The van der Waals surface area contributed by atoms with Gasteiger partial charge < -0.3 is 21.5 Å². The zero-order valence-corrected chi connectivity index (χ0v) is 9.97. The lowest BCUT2D eigenvalue weighted by atomic mass is 10.1. The number of carbonyl (C=O) groups is 3. The molecule has 1 heterocycles. The van der Waals surface area contributed by atoms with E-state index in [1.54, 1.807) is 18.2 Å². The first-order chi connectivity index (χ1) is 8.97. The molecular weight excluding hydrogens is 250 g/mol. The largest absolute Gasteiger partial charge is 0.480 e. The number of amides is 2. The molecule has 19 heavy (non-hydrogen) atoms. The predicted octanol–water partition coefficient (Wildman–Crippen LogP) is -0.791. The summed E-state index contributed by atoms with van der Waals surface area (Å²) in [5.74, 6) is -2.19. The Balaban J connectivity index is 1.98. The van der Waals surface area contributed by atoms with Gasteiger partial charge in [0.25, 0.3) is 0 Å². The van der Waals surface area contributed by atoms with Crippen molar-refractivity contribution in [2.75, 3.05) is 5.32 Å². The molecule has 0 aromatic heterocycles. The third-order valence-corrected chi connectivity index (χ3v) is 2.81. The zero-order chi connectivity index (χ0) is 14.0. The molecule has 100 valence electrons. The molecule has 5 N–H and O–H groups in total. The van der Waals surface area contributed by atoms with Gasteiger partial charge in [0.1, 0.15) is 0 Å². The highest BCUT2D eigenvalue weighted by molar-refractivity contribution is 6.01. The Hall–Kier alpha value is -2.41. The van der Waals surface area contributed by atoms with Crippen LogP contribution in [0.4, 0.5) is 5.69 Å². The lowest BCUT2D eigenvalue weighted by Crippen LogP contribution is -2.45. The van der Waals surface area contributed by atoms with E-state index in [2.05, 4.69) is 10.6 Å². The van der Waals surface area contributed by atoms with E-state index in [0.29, 0.717) is 6.42 Å². The number of carboxylic acids is 1. The summed E-state index contributed by atoms with van der Waals surface area (Å²) in [6.45, 7) is 0.168. The molecule has 7 nitrogen and oxygen atoms in total. The summed E-state index contributed by atoms with van der Waals surface area (Å²) in [4.78, 5) is 33.0. The smallest absolute Gasteiger partial charge is 0.330 e. The molecule has 1 aliphatic heterocycles. The van der Waals surface area contributed by atoms with Gasteiger partial charge in [0.15, 0.2) is 6.04 Å². The van der Waals surface area contributed by atoms with Crippen molar-refractivity contribution in [1.82, 2.24) is 5.32 Å². The normalized spacial score (nSPS) is 14.5. The third-order valence-electron chi connectivity index (χ3n) is 2.81. The average molecular weight is 263 g/mol. The second-order valence-corrected chi connectivity index (χ2v) is 4.25. The Morgan fingerprint density at radius 2 is 2.21 bits per heavy atom. The van der Waals surface area contributed by atoms with Crippen LogP contribution < -0.4 is 16.4 Å². The molecule has 1 unspecified atom stereocenters. The highest BCUT2D eigenvalue weighted by atomic mass is 16.4. The Kier molecular flexibility index (Phi) is 3.48. The molecule has 0 radical (unpaired) electrons. The monoisotopic (exact) mass is 263 g/mol. The predicted molar refractivity (Wildman–Crippen MR) is 66.2 cm³/mol. The summed E-state index contributed by atoms with van der Waals surface area (Å²) >= 11 is 0. The van der Waals surface area contributed by atoms with Crippen LogP contribution in [0.1, 0.15) is 11.1 Å². The van der Waals surface area contributed by atoms with Gasteiger partial charge in [0.2, 0.25) is 11.8 Å². The molecule has 0 saturated carbocycles. The second-order valence-electron chi connectivity index (χ2n) is 4.25. The van der Waals surface area contributed by atoms with E-state index in [0.717, 1.165) is 16.8 Å². The van der Waals surface area contributed by atoms with Crippen molar-refractivity contribution in [3.8, 4) is 0 Å². The number of rotatable bonds is 4. The lowest BCUT2D eigenvalue weighted by Gasteiger charge is -2.09. The van der Waals surface area contributed by atoms with E-state index in [4.69, 9.17) is 10.8 Å². The Morgan fingerprint density at radius 3 is 2.89 bits per heavy atom. The van der Waals surface area contributed by atoms with Crippen LogP contribution in [0.15, 0.2) is 18.2 Å². The average Bonchev–Trinajstić information content (AvgIpc) is 2.74. The maximum absolute atomic E-state index is 11.4. The Morgan fingerprint density at radius 1 is 1.47 bits per heavy atom. The number of carboxylic acid groups (broad SMARTS) is 1. The van der Waals surface area contributed by atoms with Gasteiger partial charge in [-0.3, -0.25) is 9.59 Å². The quantitative estimate of drug-likeness (QED) is 0.530. The van der Waals surface area contributed by atoms with Crippen LogP contribution in [-0.2, 0) is 27.3 Å². The minimum Gasteiger partial charge on any atom is -0.480 e. The highest BCUT2D eigenvalue weighted by Crippen LogP contribution is 2.23. The summed E-state index contributed by atoms with van der Waals surface area (Å²) in [7, 11) is 0. The van der Waals surface area contributed by atoms with Crippen molar-refractivity contribution in [3.63, 3.8) is 0 Å². The zero-order valence-electron chi connectivity index (χ0n) is 9.97. The van der Waals surface area contributed by atoms with E-state index < -0.39 is 17.9 Å². The highest BCUT2D eigenvalue weighted by Gasteiger charge is 2.21. The molecule has 0 saturated heterocycles. The van der Waals surface area contributed by atoms with E-state index in [-0.39, 0.29) is 12.5 Å². The van der Waals surface area contributed by atoms with Gasteiger partial charge in [-0.2, -0.15) is 0 Å². The summed E-state index contributed by atoms with van der Waals surface area (Å²) < 4.78 is 0. The lowest BCUT2D eigenvalue weighted by molar-refractivity contribution is -0.142. The van der Waals surface area contributed by atoms with Crippen molar-refractivity contribution in [2.45, 2.75) is 19.0 Å². The molecule has 1 aromatic carbocycles. The van der Waals surface area contributed by atoms with Gasteiger partial charge in [0, 0.05) is 12.2 Å². The molecular formula is C12H13N3O4. The number of hydrogen-bond donors (Lipinski definition) is 4. The number of carbonyl (C=O) groups excluding carboxylic acids is 2. The van der Waals surface area contributed by atoms with Gasteiger partial charge in [0.05, 0.1) is 6.42 Å². The summed E-state index contributed by atoms with van der Waals surface area (Å²) in [5, 5.41) is 13.7. The molecule has 0 spiro atoms. The fourth-order valence-corrected chi connectivity index (χ4v) is 1.80. The summed E-state index contributed by atoms with van der Waals surface area (Å²) in [5.41, 5.74) is 7.57. The van der Waals surface area contributed by atoms with E-state index in [1.807, 2.05) is 0 Å². The first-order valence-corrected chi connectivity index (χ1v) is 5.65. The van der Waals surface area contributed by atoms with Gasteiger partial charge in [-0.05, 0) is 17.2 Å². The van der Waals surface area contributed by atoms with Crippen LogP contribution >= 0.6 is 0 Å². The summed E-state index contributed by atoms with van der Waals surface area (Å²) in [6, 6.07) is 3.72. The molecule has 0 bridgehead atoms. The van der Waals surface area contributed by atoms with Crippen molar-refractivity contribution < 1.29 is 19.5 Å². The Labute approximate surface area is 108 Å². The molecule has 0 fully saturated rings. The second kappa shape index (κ2) is 5.07. The van der Waals surface area contributed by atoms with Crippen molar-refractivity contribution in [3.05, 3.63) is 29.3 Å². The van der Waals surface area contributed by atoms with E-state index in [9.17, 15) is 14.4 Å². The number of fused-ring (bicyclic) bond motifs is 1. The molecule has 1 atom stereocenters. The maximum atomic E-state index is 11.4. The van der Waals surface area contributed by atoms with Crippen molar-refractivity contribution >= 4 is 23.5 Å². The third kappa shape index (κ3) is 2.89. The van der Waals surface area contributed by atoms with Crippen LogP contribution in [-0.4, -0.2) is 28.9 Å². The molecule has 1 aliphatic rings. The van der Waals surface area contributed by atoms with Gasteiger partial charge in [-0.1, -0.05) is 12.1 Å². The molecule has 1 aromatic rings. The van der Waals surface area contributed by atoms with Gasteiger partial charge in [-0.25, -0.2) is 4.79 Å². The fourth-order valence-electron chi connectivity index (χ4n) is 1.80. The molecule has 7 heteroatoms. The fraction of sp³-hybridized carbons (Fsp3) is 0.250. The standard InChI is InChI=1S/C12H13N3O4/c13-10(12(18)19)11(17)14-5-6-1-2-8-7(3-6)4-9(16)15-8/h1-3,10H,4-5,13H2,(H,14,17)(H,15,16)(H,18,19). The van der Waals surface area contributed by atoms with E-state index in [1.165, 1.54) is 0 Å². The van der Waals surface area contributed by atoms with Crippen LogP contribution in [0.2, 0.25) is 0 Å². The molecule has 2 amide bonds. The van der Waals surface area contributed by atoms with Gasteiger partial charge in [-0.15, -0.1) is 0 Å². The maximum Gasteiger partial charge on any atom is 0.330 e. The van der Waals surface area contributed by atoms with Crippen molar-refractivity contribution in [2.24, 2.45) is 5.73 Å². The number of aliphatic carboxylic acids is 1. The van der Waals surface area contributed by atoms with Crippen LogP contribution in [0.25, 0.3) is 0 Å². The summed E-state index contributed by atoms with van der Waals surface area (Å²) in [6.07, 6.45) is 0.311. The number of anilines is 1. The number of hydrogen-bond acceptors (Lipinski definition) is 4. The van der Waals surface area contributed by atoms with Crippen LogP contribution in [0, 0.1) is 0 Å². The van der Waals surface area contributed by atoms with E-state index >= 15 is 0 Å².